The Hall–Kier alpha value is -1.36. The molecule has 1 aliphatic carbocycles. The van der Waals surface area contributed by atoms with Gasteiger partial charge in [-0.15, -0.1) is 24.0 Å². The number of carbonyl (C=O) groups excluding carboxylic acids is 1. The molecule has 1 saturated heterocycles. The summed E-state index contributed by atoms with van der Waals surface area (Å²) in [5.74, 6) is 1.20. The van der Waals surface area contributed by atoms with Gasteiger partial charge in [-0.2, -0.15) is 0 Å². The van der Waals surface area contributed by atoms with E-state index in [2.05, 4.69) is 20.9 Å². The number of amides is 1. The van der Waals surface area contributed by atoms with E-state index in [0.717, 1.165) is 36.9 Å². The summed E-state index contributed by atoms with van der Waals surface area (Å²) >= 11 is 0. The second kappa shape index (κ2) is 11.1. The molecule has 0 bridgehead atoms. The van der Waals surface area contributed by atoms with Crippen LogP contribution in [0.15, 0.2) is 29.3 Å². The zero-order valence-electron chi connectivity index (χ0n) is 16.8. The van der Waals surface area contributed by atoms with E-state index in [4.69, 9.17) is 0 Å². The van der Waals surface area contributed by atoms with Crippen LogP contribution in [-0.4, -0.2) is 44.9 Å². The lowest BCUT2D eigenvalue weighted by molar-refractivity contribution is -0.120. The maximum atomic E-state index is 12.4. The molecule has 1 aromatic carbocycles. The maximum Gasteiger partial charge on any atom is 0.227 e. The minimum absolute atomic E-state index is 0. The minimum atomic E-state index is -2.93. The molecule has 29 heavy (non-hydrogen) atoms. The predicted molar refractivity (Wildman–Crippen MR) is 127 cm³/mol. The average molecular weight is 534 g/mol. The Morgan fingerprint density at radius 3 is 2.59 bits per heavy atom. The second-order valence-corrected chi connectivity index (χ2v) is 9.92. The van der Waals surface area contributed by atoms with Gasteiger partial charge in [0.2, 0.25) is 5.91 Å². The third-order valence-electron chi connectivity index (χ3n) is 5.43. The molecule has 1 aliphatic heterocycles. The fourth-order valence-corrected chi connectivity index (χ4v) is 5.52. The maximum absolute atomic E-state index is 12.4. The molecule has 1 amide bonds. The molecule has 1 heterocycles. The summed E-state index contributed by atoms with van der Waals surface area (Å²) in [6.45, 7) is 0.534. The van der Waals surface area contributed by atoms with Gasteiger partial charge in [-0.05, 0) is 37.0 Å². The Bertz CT molecular complexity index is 823. The van der Waals surface area contributed by atoms with E-state index < -0.39 is 9.84 Å². The van der Waals surface area contributed by atoms with Crippen molar-refractivity contribution in [3.63, 3.8) is 0 Å². The summed E-state index contributed by atoms with van der Waals surface area (Å²) in [4.78, 5) is 16.6. The summed E-state index contributed by atoms with van der Waals surface area (Å²) in [7, 11) is -1.26. The van der Waals surface area contributed by atoms with Crippen LogP contribution in [0.4, 0.5) is 5.69 Å². The van der Waals surface area contributed by atoms with Crippen molar-refractivity contribution in [2.45, 2.75) is 51.1 Å². The number of nitrogens with zero attached hydrogens (tertiary/aromatic N) is 1. The van der Waals surface area contributed by atoms with E-state index in [0.29, 0.717) is 18.9 Å². The van der Waals surface area contributed by atoms with Gasteiger partial charge in [0.15, 0.2) is 15.8 Å². The summed E-state index contributed by atoms with van der Waals surface area (Å²) in [5, 5.41) is 9.43. The number of benzene rings is 1. The van der Waals surface area contributed by atoms with Crippen molar-refractivity contribution >= 4 is 51.4 Å². The SMILES string of the molecule is CN=C(NCc1cccc(NC(=O)C2CCCCC2)c1)NC1CCS(=O)(=O)C1.I. The first-order chi connectivity index (χ1) is 13.4. The Morgan fingerprint density at radius 2 is 1.93 bits per heavy atom. The van der Waals surface area contributed by atoms with Crippen molar-refractivity contribution in [1.82, 2.24) is 10.6 Å². The topological polar surface area (TPSA) is 99.7 Å². The molecule has 0 radical (unpaired) electrons. The monoisotopic (exact) mass is 534 g/mol. The van der Waals surface area contributed by atoms with Crippen LogP contribution in [0.2, 0.25) is 0 Å². The number of aliphatic imine (C=N–C) groups is 1. The Labute approximate surface area is 190 Å². The number of nitrogens with one attached hydrogen (secondary N) is 3. The second-order valence-electron chi connectivity index (χ2n) is 7.69. The lowest BCUT2D eigenvalue weighted by Gasteiger charge is -2.21. The number of guanidine groups is 1. The lowest BCUT2D eigenvalue weighted by atomic mass is 9.88. The minimum Gasteiger partial charge on any atom is -0.353 e. The summed E-state index contributed by atoms with van der Waals surface area (Å²) in [5.41, 5.74) is 1.82. The van der Waals surface area contributed by atoms with E-state index in [1.54, 1.807) is 7.05 Å². The largest absolute Gasteiger partial charge is 0.353 e. The standard InChI is InChI=1S/C20H30N4O3S.HI/c1-21-20(24-18-10-11-28(26,27)14-18)22-13-15-6-5-9-17(12-15)23-19(25)16-7-3-2-4-8-16;/h5-6,9,12,16,18H,2-4,7-8,10-11,13-14H2,1H3,(H,23,25)(H2,21,22,24);1H. The number of hydrogen-bond acceptors (Lipinski definition) is 4. The van der Waals surface area contributed by atoms with Crippen LogP contribution in [-0.2, 0) is 21.2 Å². The molecular weight excluding hydrogens is 503 g/mol. The Morgan fingerprint density at radius 1 is 1.17 bits per heavy atom. The number of carbonyl (C=O) groups is 1. The van der Waals surface area contributed by atoms with Crippen LogP contribution in [0.1, 0.15) is 44.1 Å². The number of rotatable bonds is 5. The highest BCUT2D eigenvalue weighted by atomic mass is 127. The molecule has 0 aromatic heterocycles. The first-order valence-electron chi connectivity index (χ1n) is 10.0. The van der Waals surface area contributed by atoms with Gasteiger partial charge in [-0.25, -0.2) is 8.42 Å². The van der Waals surface area contributed by atoms with E-state index in [1.165, 1.54) is 6.42 Å². The Balaban J connectivity index is 0.00000300. The third kappa shape index (κ3) is 7.44. The lowest BCUT2D eigenvalue weighted by Crippen LogP contribution is -2.43. The van der Waals surface area contributed by atoms with Gasteiger partial charge in [-0.3, -0.25) is 9.79 Å². The molecule has 3 rings (SSSR count). The van der Waals surface area contributed by atoms with Crippen LogP contribution in [0.3, 0.4) is 0 Å². The Kier molecular flexibility index (Phi) is 9.19. The molecule has 2 fully saturated rings. The summed E-state index contributed by atoms with van der Waals surface area (Å²) in [6, 6.07) is 7.67. The van der Waals surface area contributed by atoms with Gasteiger partial charge >= 0.3 is 0 Å². The molecule has 1 unspecified atom stereocenters. The fourth-order valence-electron chi connectivity index (χ4n) is 3.85. The van der Waals surface area contributed by atoms with Crippen molar-refractivity contribution in [3.05, 3.63) is 29.8 Å². The molecule has 7 nitrogen and oxygen atoms in total. The number of hydrogen-bond donors (Lipinski definition) is 3. The molecule has 0 spiro atoms. The molecule has 1 saturated carbocycles. The summed E-state index contributed by atoms with van der Waals surface area (Å²) in [6.07, 6.45) is 6.06. The predicted octanol–water partition coefficient (Wildman–Crippen LogP) is 2.68. The van der Waals surface area contributed by atoms with Crippen molar-refractivity contribution in [1.29, 1.82) is 0 Å². The third-order valence-corrected chi connectivity index (χ3v) is 7.20. The highest BCUT2D eigenvalue weighted by molar-refractivity contribution is 14.0. The van der Waals surface area contributed by atoms with E-state index >= 15 is 0 Å². The van der Waals surface area contributed by atoms with E-state index in [-0.39, 0.29) is 53.3 Å². The first kappa shape index (κ1) is 23.9. The first-order valence-corrected chi connectivity index (χ1v) is 11.8. The highest BCUT2D eigenvalue weighted by Gasteiger charge is 2.28. The van der Waals surface area contributed by atoms with Crippen LogP contribution >= 0.6 is 24.0 Å². The smallest absolute Gasteiger partial charge is 0.227 e. The number of anilines is 1. The normalized spacial score (nSPS) is 21.8. The molecule has 1 aromatic rings. The molecule has 1 atom stereocenters. The zero-order valence-corrected chi connectivity index (χ0v) is 20.0. The van der Waals surface area contributed by atoms with E-state index in [1.807, 2.05) is 24.3 Å². The molecule has 3 N–H and O–H groups in total. The van der Waals surface area contributed by atoms with Gasteiger partial charge in [-0.1, -0.05) is 31.4 Å². The van der Waals surface area contributed by atoms with Crippen LogP contribution in [0.5, 0.6) is 0 Å². The number of halogens is 1. The summed E-state index contributed by atoms with van der Waals surface area (Å²) < 4.78 is 23.2. The van der Waals surface area contributed by atoms with Gasteiger partial charge < -0.3 is 16.0 Å². The molecule has 162 valence electrons. The fraction of sp³-hybridized carbons (Fsp3) is 0.600. The quantitative estimate of drug-likeness (QED) is 0.307. The molecule has 9 heteroatoms. The van der Waals surface area contributed by atoms with Gasteiger partial charge in [0.25, 0.3) is 0 Å². The van der Waals surface area contributed by atoms with Crippen LogP contribution < -0.4 is 16.0 Å². The van der Waals surface area contributed by atoms with Gasteiger partial charge in [0.05, 0.1) is 11.5 Å². The van der Waals surface area contributed by atoms with Gasteiger partial charge in [0.1, 0.15) is 0 Å². The number of sulfone groups is 1. The van der Waals surface area contributed by atoms with Crippen molar-refractivity contribution in [2.24, 2.45) is 10.9 Å². The van der Waals surface area contributed by atoms with Crippen molar-refractivity contribution < 1.29 is 13.2 Å². The molecule has 2 aliphatic rings. The van der Waals surface area contributed by atoms with Crippen LogP contribution in [0.25, 0.3) is 0 Å². The highest BCUT2D eigenvalue weighted by Crippen LogP contribution is 2.25. The van der Waals surface area contributed by atoms with E-state index in [9.17, 15) is 13.2 Å². The average Bonchev–Trinajstić information content (AvgIpc) is 3.04. The van der Waals surface area contributed by atoms with Crippen molar-refractivity contribution in [2.75, 3.05) is 23.9 Å². The van der Waals surface area contributed by atoms with Gasteiger partial charge in [0, 0.05) is 31.2 Å². The van der Waals surface area contributed by atoms with Crippen molar-refractivity contribution in [3.8, 4) is 0 Å². The van der Waals surface area contributed by atoms with Crippen LogP contribution in [0, 0.1) is 5.92 Å². The zero-order chi connectivity index (χ0) is 20.0. The molecular formula is C20H31IN4O3S.